The number of Topliss-reactive ketones (excluding diaryl/α,β-unsaturated/α-hetero) is 1. The van der Waals surface area contributed by atoms with Gasteiger partial charge in [-0.25, -0.2) is 4.79 Å². The number of amides is 1. The quantitative estimate of drug-likeness (QED) is 0.239. The molecule has 6 bridgehead atoms. The molecule has 6 nitrogen and oxygen atoms in total. The second kappa shape index (κ2) is 13.7. The van der Waals surface area contributed by atoms with Crippen molar-refractivity contribution >= 4 is 11.9 Å². The molecule has 316 valence electrons. The summed E-state index contributed by atoms with van der Waals surface area (Å²) in [5.41, 5.74) is -1.08. The highest BCUT2D eigenvalue weighted by Gasteiger charge is 2.75. The molecule has 0 radical (unpaired) electrons. The van der Waals surface area contributed by atoms with Crippen LogP contribution in [0.1, 0.15) is 169 Å². The van der Waals surface area contributed by atoms with Crippen LogP contribution in [-0.2, 0) is 9.53 Å². The molecule has 9 saturated carbocycles. The molecule has 1 amide bonds. The molecule has 0 aromatic heterocycles. The Hall–Kier alpha value is -1.66. The van der Waals surface area contributed by atoms with E-state index in [1.54, 1.807) is 0 Å². The number of allylic oxidation sites excluding steroid dienone is 4. The Labute approximate surface area is 344 Å². The molecule has 2 spiro atoms. The molecule has 0 saturated heterocycles. The largest absolute Gasteiger partial charge is 0.446 e. The van der Waals surface area contributed by atoms with Crippen molar-refractivity contribution in [2.75, 3.05) is 13.1 Å². The van der Waals surface area contributed by atoms with E-state index in [-0.39, 0.29) is 46.4 Å². The Kier molecular flexibility index (Phi) is 9.47. The minimum absolute atomic E-state index is 0.0300. The summed E-state index contributed by atoms with van der Waals surface area (Å²) in [6.07, 6.45) is 29.1. The number of hydrogen-bond donors (Lipinski definition) is 2. The fraction of sp³-hybridized carbons (Fsp3) is 0.882. The molecule has 12 aliphatic rings. The summed E-state index contributed by atoms with van der Waals surface area (Å²) in [4.78, 5) is 32.2. The first kappa shape index (κ1) is 39.5. The van der Waals surface area contributed by atoms with Gasteiger partial charge >= 0.3 is 6.09 Å². The predicted octanol–water partition coefficient (Wildman–Crippen LogP) is 10.8. The summed E-state index contributed by atoms with van der Waals surface area (Å²) in [6, 6.07) is 0. The number of fused-ring (bicyclic) bond motifs is 1. The molecule has 57 heavy (non-hydrogen) atoms. The van der Waals surface area contributed by atoms with Crippen LogP contribution in [0.5, 0.6) is 0 Å². The Morgan fingerprint density at radius 1 is 0.789 bits per heavy atom. The zero-order valence-electron chi connectivity index (χ0n) is 36.4. The maximum atomic E-state index is 15.1. The number of ketones is 1. The fourth-order valence-electron chi connectivity index (χ4n) is 18.0. The smallest absolute Gasteiger partial charge is 0.410 e. The lowest BCUT2D eigenvalue weighted by Crippen LogP contribution is -2.68. The van der Waals surface area contributed by atoms with E-state index in [4.69, 9.17) is 4.74 Å². The molecular weight excluding hydrogens is 707 g/mol. The molecule has 11 unspecified atom stereocenters. The van der Waals surface area contributed by atoms with Crippen LogP contribution in [0.2, 0.25) is 0 Å². The van der Waals surface area contributed by atoms with Gasteiger partial charge in [0, 0.05) is 34.3 Å². The Balaban J connectivity index is 1.00. The predicted molar refractivity (Wildman–Crippen MR) is 224 cm³/mol. The zero-order valence-corrected chi connectivity index (χ0v) is 36.4. The monoisotopic (exact) mass is 784 g/mol. The Bertz CT molecular complexity index is 1640. The van der Waals surface area contributed by atoms with Crippen LogP contribution in [0, 0.1) is 80.3 Å². The number of nitrogens with zero attached hydrogens (tertiary/aromatic N) is 1. The maximum Gasteiger partial charge on any atom is 0.410 e. The van der Waals surface area contributed by atoms with Crippen molar-refractivity contribution in [2.24, 2.45) is 80.3 Å². The zero-order chi connectivity index (χ0) is 39.8. The third-order valence-electron chi connectivity index (χ3n) is 20.6. The van der Waals surface area contributed by atoms with E-state index < -0.39 is 16.4 Å². The molecule has 0 heterocycles. The molecule has 0 aliphatic heterocycles. The first-order chi connectivity index (χ1) is 27.1. The molecule has 11 atom stereocenters. The van der Waals surface area contributed by atoms with Crippen LogP contribution < -0.4 is 0 Å². The fourth-order valence-corrected chi connectivity index (χ4v) is 18.0. The van der Waals surface area contributed by atoms with E-state index in [0.29, 0.717) is 48.8 Å². The van der Waals surface area contributed by atoms with Gasteiger partial charge in [0.1, 0.15) is 6.10 Å². The van der Waals surface area contributed by atoms with Gasteiger partial charge in [0.15, 0.2) is 5.78 Å². The number of aliphatic hydroxyl groups excluding tert-OH is 1. The van der Waals surface area contributed by atoms with Gasteiger partial charge in [-0.1, -0.05) is 78.5 Å². The highest BCUT2D eigenvalue weighted by molar-refractivity contribution is 6.00. The second-order valence-electron chi connectivity index (χ2n) is 24.0. The molecule has 12 rings (SSSR count). The van der Waals surface area contributed by atoms with E-state index in [9.17, 15) is 10.2 Å². The van der Waals surface area contributed by atoms with Crippen LogP contribution in [0.15, 0.2) is 23.8 Å². The first-order valence-corrected chi connectivity index (χ1v) is 24.5. The SMILES string of the molecule is CC1CCC(C(C)C)C(OC(=O)N(CC23CC4CC(CC(C4)C2)C3)CC2(O)CCC3C45C=CC6(C=C4C(=O)C4CCCCC4)CC(O)CCC6(C)C5CCC32C)C1. The van der Waals surface area contributed by atoms with Gasteiger partial charge in [-0.15, -0.1) is 0 Å². The highest BCUT2D eigenvalue weighted by atomic mass is 16.6. The van der Waals surface area contributed by atoms with Crippen molar-refractivity contribution in [1.29, 1.82) is 0 Å². The number of carbonyl (C=O) groups is 2. The highest BCUT2D eigenvalue weighted by Crippen LogP contribution is 2.78. The molecular formula is C51H77NO5. The van der Waals surface area contributed by atoms with E-state index in [2.05, 4.69) is 57.7 Å². The van der Waals surface area contributed by atoms with Crippen LogP contribution >= 0.6 is 0 Å². The number of rotatable bonds is 8. The maximum absolute atomic E-state index is 15.1. The minimum Gasteiger partial charge on any atom is -0.446 e. The van der Waals surface area contributed by atoms with Crippen molar-refractivity contribution in [2.45, 2.75) is 187 Å². The Morgan fingerprint density at radius 3 is 2.12 bits per heavy atom. The third-order valence-corrected chi connectivity index (χ3v) is 20.6. The van der Waals surface area contributed by atoms with E-state index in [0.717, 1.165) is 101 Å². The van der Waals surface area contributed by atoms with Gasteiger partial charge in [0.05, 0.1) is 18.2 Å². The van der Waals surface area contributed by atoms with Crippen LogP contribution in [0.4, 0.5) is 4.79 Å². The summed E-state index contributed by atoms with van der Waals surface area (Å²) in [6.45, 7) is 12.8. The lowest BCUT2D eigenvalue weighted by atomic mass is 9.32. The standard InChI is InChI=1S/C51H77NO5/c1-32(2)39-12-11-33(3)21-41(39)57-45(55)52(30-48-25-34-22-35(26-48)24-36(23-34)27-48)31-50(56)18-15-43-47(50,5)17-14-42-46(4)16-13-38(53)28-49(46)19-20-51(42,43)40(29-49)44(54)37-9-7-6-8-10-37/h19-20,29,32-39,41-43,53,56H,6-18,21-28,30-31H2,1-5H3. The van der Waals surface area contributed by atoms with Crippen LogP contribution in [0.25, 0.3) is 0 Å². The van der Waals surface area contributed by atoms with Crippen LogP contribution in [-0.4, -0.2) is 57.9 Å². The average molecular weight is 784 g/mol. The van der Waals surface area contributed by atoms with Gasteiger partial charge in [-0.05, 0) is 167 Å². The molecule has 0 aromatic rings. The van der Waals surface area contributed by atoms with Crippen LogP contribution in [0.3, 0.4) is 0 Å². The van der Waals surface area contributed by atoms with Crippen molar-refractivity contribution in [3.63, 3.8) is 0 Å². The van der Waals surface area contributed by atoms with Crippen molar-refractivity contribution in [1.82, 2.24) is 4.90 Å². The minimum atomic E-state index is -1.07. The third kappa shape index (κ3) is 5.86. The molecule has 9 fully saturated rings. The molecule has 12 aliphatic carbocycles. The summed E-state index contributed by atoms with van der Waals surface area (Å²) < 4.78 is 6.76. The van der Waals surface area contributed by atoms with Crippen molar-refractivity contribution in [3.8, 4) is 0 Å². The van der Waals surface area contributed by atoms with Crippen molar-refractivity contribution in [3.05, 3.63) is 23.8 Å². The molecule has 6 heteroatoms. The second-order valence-corrected chi connectivity index (χ2v) is 24.0. The van der Waals surface area contributed by atoms with Gasteiger partial charge in [-0.2, -0.15) is 0 Å². The van der Waals surface area contributed by atoms with Crippen molar-refractivity contribution < 1.29 is 24.5 Å². The number of aliphatic hydroxyl groups is 2. The molecule has 2 N–H and O–H groups in total. The van der Waals surface area contributed by atoms with Gasteiger partial charge < -0.3 is 19.8 Å². The lowest BCUT2D eigenvalue weighted by Gasteiger charge is -2.71. The first-order valence-electron chi connectivity index (χ1n) is 24.5. The number of carbonyl (C=O) groups excluding carboxylic acids is 2. The normalized spacial score (nSPS) is 50.9. The Morgan fingerprint density at radius 2 is 1.44 bits per heavy atom. The topological polar surface area (TPSA) is 87.1 Å². The van der Waals surface area contributed by atoms with E-state index >= 15 is 9.59 Å². The summed E-state index contributed by atoms with van der Waals surface area (Å²) >= 11 is 0. The summed E-state index contributed by atoms with van der Waals surface area (Å²) in [5.74, 6) is 4.64. The summed E-state index contributed by atoms with van der Waals surface area (Å²) in [7, 11) is 0. The number of ether oxygens (including phenoxy) is 1. The average Bonchev–Trinajstić information content (AvgIpc) is 3.43. The van der Waals surface area contributed by atoms with Gasteiger partial charge in [0.2, 0.25) is 0 Å². The van der Waals surface area contributed by atoms with E-state index in [1.807, 2.05) is 0 Å². The van der Waals surface area contributed by atoms with Gasteiger partial charge in [-0.3, -0.25) is 4.79 Å². The molecule has 0 aromatic carbocycles. The summed E-state index contributed by atoms with van der Waals surface area (Å²) in [5, 5.41) is 24.7. The number of hydrogen-bond acceptors (Lipinski definition) is 5. The van der Waals surface area contributed by atoms with E-state index in [1.165, 1.54) is 51.4 Å². The lowest BCUT2D eigenvalue weighted by molar-refractivity contribution is -0.180. The van der Waals surface area contributed by atoms with Gasteiger partial charge in [0.25, 0.3) is 0 Å².